The third kappa shape index (κ3) is 4.65. The fraction of sp³-hybridized carbons (Fsp3) is 0.300. The summed E-state index contributed by atoms with van der Waals surface area (Å²) in [6, 6.07) is 3.22. The van der Waals surface area contributed by atoms with E-state index in [0.717, 1.165) is 23.0 Å². The molecule has 5 atom stereocenters. The first-order chi connectivity index (χ1) is 16.4. The number of aromatic nitrogens is 3. The maximum Gasteiger partial charge on any atom is 0.207 e. The minimum absolute atomic E-state index is 0.0759. The summed E-state index contributed by atoms with van der Waals surface area (Å²) in [7, 11) is -4.46. The van der Waals surface area contributed by atoms with Crippen LogP contribution < -0.4 is 0 Å². The molecule has 0 saturated carbocycles. The Bertz CT molecular complexity index is 1350. The molecular weight excluding hydrogens is 538 g/mol. The van der Waals surface area contributed by atoms with Gasteiger partial charge in [0.2, 0.25) is 9.84 Å². The zero-order valence-corrected chi connectivity index (χ0v) is 19.6. The van der Waals surface area contributed by atoms with Crippen LogP contribution in [0.3, 0.4) is 0 Å². The smallest absolute Gasteiger partial charge is 0.207 e. The maximum absolute atomic E-state index is 13.6. The second-order valence-electron chi connectivity index (χ2n) is 7.66. The summed E-state index contributed by atoms with van der Waals surface area (Å²) in [5, 5.41) is 38.7. The molecule has 1 aliphatic rings. The molecule has 5 unspecified atom stereocenters. The van der Waals surface area contributed by atoms with Gasteiger partial charge in [0.05, 0.1) is 27.7 Å². The van der Waals surface area contributed by atoms with Crippen LogP contribution in [0.5, 0.6) is 0 Å². The average molecular weight is 554 g/mol. The van der Waals surface area contributed by atoms with Crippen molar-refractivity contribution >= 4 is 33.0 Å². The average Bonchev–Trinajstić information content (AvgIpc) is 3.28. The number of sulfone groups is 1. The predicted molar refractivity (Wildman–Crippen MR) is 116 cm³/mol. The van der Waals surface area contributed by atoms with Gasteiger partial charge in [0.15, 0.2) is 22.9 Å². The molecule has 4 rings (SSSR count). The minimum Gasteiger partial charge on any atom is -0.394 e. The Hall–Kier alpha value is -2.26. The Balaban J connectivity index is 1.73. The van der Waals surface area contributed by atoms with Crippen LogP contribution in [0.4, 0.5) is 13.2 Å². The molecule has 1 fully saturated rings. The first kappa shape index (κ1) is 25.8. The monoisotopic (exact) mass is 553 g/mol. The molecule has 1 aliphatic heterocycles. The second-order valence-corrected chi connectivity index (χ2v) is 10.5. The fourth-order valence-electron chi connectivity index (χ4n) is 3.68. The van der Waals surface area contributed by atoms with Crippen LogP contribution in [0, 0.1) is 17.5 Å². The first-order valence-electron chi connectivity index (χ1n) is 9.84. The minimum atomic E-state index is -4.46. The van der Waals surface area contributed by atoms with Gasteiger partial charge in [-0.2, -0.15) is 0 Å². The molecular formula is C20H16Cl2F3N3O6S. The van der Waals surface area contributed by atoms with Crippen molar-refractivity contribution in [2.24, 2.45) is 0 Å². The van der Waals surface area contributed by atoms with E-state index in [-0.39, 0.29) is 26.2 Å². The number of hydrogen-bond donors (Lipinski definition) is 3. The van der Waals surface area contributed by atoms with E-state index < -0.39 is 63.7 Å². The van der Waals surface area contributed by atoms with Gasteiger partial charge in [-0.25, -0.2) is 26.3 Å². The van der Waals surface area contributed by atoms with Crippen LogP contribution in [0.2, 0.25) is 10.0 Å². The summed E-state index contributed by atoms with van der Waals surface area (Å²) in [4.78, 5) is -0.348. The van der Waals surface area contributed by atoms with Crippen molar-refractivity contribution in [1.82, 2.24) is 15.0 Å². The fourth-order valence-corrected chi connectivity index (χ4v) is 5.67. The summed E-state index contributed by atoms with van der Waals surface area (Å²) in [6.45, 7) is -0.826. The molecule has 9 nitrogen and oxygen atoms in total. The highest BCUT2D eigenvalue weighted by Gasteiger charge is 2.51. The van der Waals surface area contributed by atoms with Gasteiger partial charge in [-0.3, -0.25) is 0 Å². The highest BCUT2D eigenvalue weighted by molar-refractivity contribution is 7.92. The van der Waals surface area contributed by atoms with Crippen molar-refractivity contribution in [2.75, 3.05) is 6.61 Å². The zero-order valence-electron chi connectivity index (χ0n) is 17.3. The number of aliphatic hydroxyl groups is 3. The molecule has 35 heavy (non-hydrogen) atoms. The first-order valence-corrected chi connectivity index (χ1v) is 12.1. The highest BCUT2D eigenvalue weighted by Crippen LogP contribution is 2.36. The number of halogens is 5. The van der Waals surface area contributed by atoms with Gasteiger partial charge in [-0.05, 0) is 30.3 Å². The lowest BCUT2D eigenvalue weighted by Crippen LogP contribution is -2.58. The van der Waals surface area contributed by atoms with Gasteiger partial charge in [-0.15, -0.1) is 5.10 Å². The molecule has 1 saturated heterocycles. The van der Waals surface area contributed by atoms with Gasteiger partial charge in [0.1, 0.15) is 30.0 Å². The largest absolute Gasteiger partial charge is 0.394 e. The molecule has 15 heteroatoms. The summed E-state index contributed by atoms with van der Waals surface area (Å²) in [6.07, 6.45) is -4.04. The molecule has 0 bridgehead atoms. The Morgan fingerprint density at radius 2 is 1.69 bits per heavy atom. The normalized spacial score (nSPS) is 25.1. The third-order valence-electron chi connectivity index (χ3n) is 5.47. The molecule has 0 aliphatic carbocycles. The molecule has 3 aromatic rings. The van der Waals surface area contributed by atoms with Gasteiger partial charge in [0, 0.05) is 5.56 Å². The lowest BCUT2D eigenvalue weighted by Gasteiger charge is -2.41. The van der Waals surface area contributed by atoms with E-state index in [9.17, 15) is 36.9 Å². The lowest BCUT2D eigenvalue weighted by atomic mass is 9.97. The summed E-state index contributed by atoms with van der Waals surface area (Å²) < 4.78 is 73.2. The SMILES string of the molecule is O=S(=O)(c1ccc(Cl)c(Cl)c1)C1OC(CO)C(O)C(n2cc(-c3cc(F)c(F)c(F)c3)nn2)C1O. The topological polar surface area (TPSA) is 135 Å². The van der Waals surface area contributed by atoms with E-state index >= 15 is 0 Å². The third-order valence-corrected chi connectivity index (χ3v) is 8.12. The van der Waals surface area contributed by atoms with Crippen LogP contribution in [-0.2, 0) is 14.6 Å². The van der Waals surface area contributed by atoms with Crippen LogP contribution >= 0.6 is 23.2 Å². The van der Waals surface area contributed by atoms with Crippen LogP contribution in [-0.4, -0.2) is 69.1 Å². The van der Waals surface area contributed by atoms with Crippen molar-refractivity contribution in [3.8, 4) is 11.3 Å². The zero-order chi connectivity index (χ0) is 25.7. The number of ether oxygens (including phenoxy) is 1. The van der Waals surface area contributed by atoms with E-state index in [1.807, 2.05) is 0 Å². The van der Waals surface area contributed by atoms with E-state index in [4.69, 9.17) is 27.9 Å². The second kappa shape index (κ2) is 9.65. The number of nitrogens with zero attached hydrogens (tertiary/aromatic N) is 3. The molecule has 0 amide bonds. The maximum atomic E-state index is 13.6. The number of hydrogen-bond acceptors (Lipinski definition) is 8. The van der Waals surface area contributed by atoms with Gasteiger partial charge in [0.25, 0.3) is 0 Å². The van der Waals surface area contributed by atoms with Gasteiger partial charge in [-0.1, -0.05) is 28.4 Å². The number of aliphatic hydroxyl groups excluding tert-OH is 3. The van der Waals surface area contributed by atoms with Crippen LogP contribution in [0.1, 0.15) is 6.04 Å². The van der Waals surface area contributed by atoms with E-state index in [1.165, 1.54) is 6.07 Å². The highest BCUT2D eigenvalue weighted by atomic mass is 35.5. The Morgan fingerprint density at radius 3 is 2.29 bits per heavy atom. The quantitative estimate of drug-likeness (QED) is 0.409. The standard InChI is InChI=1S/C20H16Cl2F3N3O6S/c21-10-2-1-9(5-11(10)22)35(32,33)20-19(31)17(18(30)15(7-29)34-20)28-6-14(26-27-28)8-3-12(23)16(25)13(24)4-8/h1-6,15,17-20,29-31H,7H2. The summed E-state index contributed by atoms with van der Waals surface area (Å²) in [5.74, 6) is -4.64. The van der Waals surface area contributed by atoms with Crippen LogP contribution in [0.25, 0.3) is 11.3 Å². The molecule has 188 valence electrons. The Morgan fingerprint density at radius 1 is 1.03 bits per heavy atom. The molecule has 0 radical (unpaired) electrons. The van der Waals surface area contributed by atoms with Gasteiger partial charge >= 0.3 is 0 Å². The summed E-state index contributed by atoms with van der Waals surface area (Å²) in [5.41, 5.74) is -2.36. The van der Waals surface area contributed by atoms with Crippen molar-refractivity contribution in [2.45, 2.75) is 34.7 Å². The van der Waals surface area contributed by atoms with E-state index in [2.05, 4.69) is 10.3 Å². The molecule has 3 N–H and O–H groups in total. The Labute approximate surface area is 206 Å². The van der Waals surface area contributed by atoms with Crippen LogP contribution in [0.15, 0.2) is 41.4 Å². The molecule has 2 aromatic carbocycles. The number of benzene rings is 2. The van der Waals surface area contributed by atoms with Gasteiger partial charge < -0.3 is 20.1 Å². The van der Waals surface area contributed by atoms with Crippen molar-refractivity contribution in [3.05, 3.63) is 64.0 Å². The van der Waals surface area contributed by atoms with Crippen molar-refractivity contribution < 1.29 is 41.6 Å². The van der Waals surface area contributed by atoms with Crippen molar-refractivity contribution in [3.63, 3.8) is 0 Å². The molecule has 1 aromatic heterocycles. The molecule has 0 spiro atoms. The summed E-state index contributed by atoms with van der Waals surface area (Å²) >= 11 is 11.7. The molecule has 2 heterocycles. The Kier molecular flexibility index (Phi) is 7.12. The van der Waals surface area contributed by atoms with E-state index in [0.29, 0.717) is 12.1 Å². The lowest BCUT2D eigenvalue weighted by molar-refractivity contribution is -0.180. The van der Waals surface area contributed by atoms with Crippen molar-refractivity contribution in [1.29, 1.82) is 0 Å². The predicted octanol–water partition coefficient (Wildman–Crippen LogP) is 2.12. The number of rotatable bonds is 5. The van der Waals surface area contributed by atoms with E-state index in [1.54, 1.807) is 0 Å².